The first kappa shape index (κ1) is 31.1. The molecule has 0 rings (SSSR count). The molecule has 164 valence electrons. The van der Waals surface area contributed by atoms with Crippen LogP contribution < -0.4 is 29.6 Å². The fourth-order valence-corrected chi connectivity index (χ4v) is 4.68. The monoisotopic (exact) mass is 428 g/mol. The molecule has 4 nitrogen and oxygen atoms in total. The van der Waals surface area contributed by atoms with Gasteiger partial charge in [-0.15, -0.1) is 0 Å². The molecule has 0 aromatic heterocycles. The summed E-state index contributed by atoms with van der Waals surface area (Å²) in [5, 5.41) is 9.26. The molecule has 0 aliphatic rings. The van der Waals surface area contributed by atoms with E-state index in [1.165, 1.54) is 51.4 Å². The molecule has 28 heavy (non-hydrogen) atoms. The maximum atomic E-state index is 11.2. The van der Waals surface area contributed by atoms with Gasteiger partial charge in [0.25, 0.3) is 0 Å². The summed E-state index contributed by atoms with van der Waals surface area (Å²) in [5.41, 5.74) is 0. The zero-order valence-electron chi connectivity index (χ0n) is 19.0. The van der Waals surface area contributed by atoms with Crippen molar-refractivity contribution in [2.24, 2.45) is 0 Å². The summed E-state index contributed by atoms with van der Waals surface area (Å²) < 4.78 is 33.5. The van der Waals surface area contributed by atoms with Gasteiger partial charge in [-0.2, -0.15) is 0 Å². The van der Waals surface area contributed by atoms with Gasteiger partial charge in [0.05, 0.1) is 16.2 Å². The average molecular weight is 429 g/mol. The second-order valence-electron chi connectivity index (χ2n) is 8.17. The molecule has 0 saturated heterocycles. The van der Waals surface area contributed by atoms with Gasteiger partial charge in [-0.3, -0.25) is 0 Å². The molecule has 0 heterocycles. The van der Waals surface area contributed by atoms with Crippen LogP contribution in [0.3, 0.4) is 0 Å². The van der Waals surface area contributed by atoms with Gasteiger partial charge in [0.15, 0.2) is 0 Å². The van der Waals surface area contributed by atoms with Crippen molar-refractivity contribution in [1.82, 2.24) is 0 Å². The van der Waals surface area contributed by atoms with Crippen LogP contribution >= 0.6 is 0 Å². The van der Waals surface area contributed by atoms with Crippen LogP contribution in [-0.2, 0) is 10.1 Å². The Labute approximate surface area is 197 Å². The van der Waals surface area contributed by atoms with Gasteiger partial charge in [0.2, 0.25) is 0 Å². The number of unbranched alkanes of at least 4 members (excludes halogenated alkanes) is 11. The predicted octanol–water partition coefficient (Wildman–Crippen LogP) is 3.33. The summed E-state index contributed by atoms with van der Waals surface area (Å²) in [6.07, 6.45) is 18.8. The van der Waals surface area contributed by atoms with Crippen LogP contribution in [0.2, 0.25) is 0 Å². The van der Waals surface area contributed by atoms with E-state index in [4.69, 9.17) is 0 Å². The molecule has 0 aliphatic carbocycles. The molecule has 0 amide bonds. The minimum absolute atomic E-state index is 0. The Morgan fingerprint density at radius 2 is 1.04 bits per heavy atom. The Bertz CT molecular complexity index is 415. The standard InChI is InChI=1S/C22H46O4S.Na/c1-3-5-6-14-18-21(23)19-15-12-10-8-7-9-11-13-16-20-22(17-4-2)27(24,25)26;/h21-23H,3-20H2,1-2H3,(H,24,25,26);/q;+1/p-1. The maximum absolute atomic E-state index is 11.2. The third-order valence-corrected chi connectivity index (χ3v) is 6.76. The van der Waals surface area contributed by atoms with E-state index >= 15 is 0 Å². The summed E-state index contributed by atoms with van der Waals surface area (Å²) >= 11 is 0. The Balaban J connectivity index is 0. The molecule has 1 N–H and O–H groups in total. The fraction of sp³-hybridized carbons (Fsp3) is 1.00. The van der Waals surface area contributed by atoms with E-state index in [0.29, 0.717) is 12.8 Å². The fourth-order valence-electron chi connectivity index (χ4n) is 3.70. The number of hydrogen-bond donors (Lipinski definition) is 1. The van der Waals surface area contributed by atoms with Crippen molar-refractivity contribution in [3.05, 3.63) is 0 Å². The third kappa shape index (κ3) is 20.2. The quantitative estimate of drug-likeness (QED) is 0.183. The first-order chi connectivity index (χ1) is 12.9. The molecule has 0 bridgehead atoms. The minimum atomic E-state index is -4.12. The van der Waals surface area contributed by atoms with E-state index in [-0.39, 0.29) is 35.7 Å². The second-order valence-corrected chi connectivity index (χ2v) is 9.82. The Morgan fingerprint density at radius 1 is 0.643 bits per heavy atom. The molecule has 0 radical (unpaired) electrons. The minimum Gasteiger partial charge on any atom is -0.748 e. The zero-order chi connectivity index (χ0) is 20.4. The molecule has 0 aromatic rings. The normalized spacial score (nSPS) is 13.9. The summed E-state index contributed by atoms with van der Waals surface area (Å²) in [6.45, 7) is 4.13. The topological polar surface area (TPSA) is 77.4 Å². The molecule has 0 fully saturated rings. The van der Waals surface area contributed by atoms with Crippen LogP contribution in [0.25, 0.3) is 0 Å². The summed E-state index contributed by atoms with van der Waals surface area (Å²) in [4.78, 5) is 0. The predicted molar refractivity (Wildman–Crippen MR) is 114 cm³/mol. The molecular formula is C22H45NaO4S. The molecule has 0 aromatic carbocycles. The van der Waals surface area contributed by atoms with Crippen LogP contribution in [0.1, 0.15) is 129 Å². The first-order valence-corrected chi connectivity index (χ1v) is 13.0. The molecule has 2 atom stereocenters. The largest absolute Gasteiger partial charge is 1.00 e. The van der Waals surface area contributed by atoms with Gasteiger partial charge < -0.3 is 9.66 Å². The average Bonchev–Trinajstić information content (AvgIpc) is 2.61. The van der Waals surface area contributed by atoms with Crippen molar-refractivity contribution in [1.29, 1.82) is 0 Å². The van der Waals surface area contributed by atoms with E-state index in [0.717, 1.165) is 51.4 Å². The van der Waals surface area contributed by atoms with E-state index in [9.17, 15) is 18.1 Å². The number of aliphatic hydroxyl groups is 1. The first-order valence-electron chi connectivity index (χ1n) is 11.5. The Kier molecular flexibility index (Phi) is 23.4. The molecule has 0 spiro atoms. The molecule has 2 unspecified atom stereocenters. The summed E-state index contributed by atoms with van der Waals surface area (Å²) in [7, 11) is -4.12. The van der Waals surface area contributed by atoms with E-state index in [1.807, 2.05) is 6.92 Å². The van der Waals surface area contributed by atoms with Crippen LogP contribution in [0.15, 0.2) is 0 Å². The van der Waals surface area contributed by atoms with Crippen molar-refractivity contribution < 1.29 is 47.6 Å². The Hall–Kier alpha value is 0.870. The van der Waals surface area contributed by atoms with Gasteiger partial charge in [0.1, 0.15) is 0 Å². The molecule has 0 aliphatic heterocycles. The Morgan fingerprint density at radius 3 is 1.43 bits per heavy atom. The van der Waals surface area contributed by atoms with Gasteiger partial charge in [0, 0.05) is 5.25 Å². The zero-order valence-corrected chi connectivity index (χ0v) is 21.8. The van der Waals surface area contributed by atoms with Crippen LogP contribution in [-0.4, -0.2) is 29.4 Å². The SMILES string of the molecule is CCCCCCC(O)CCCCCCCCCCCC(CCC)S(=O)(=O)[O-].[Na+]. The van der Waals surface area contributed by atoms with Gasteiger partial charge >= 0.3 is 29.6 Å². The van der Waals surface area contributed by atoms with Crippen molar-refractivity contribution in [2.45, 2.75) is 141 Å². The van der Waals surface area contributed by atoms with Gasteiger partial charge in [-0.05, 0) is 25.7 Å². The number of hydrogen-bond acceptors (Lipinski definition) is 4. The van der Waals surface area contributed by atoms with Crippen LogP contribution in [0.4, 0.5) is 0 Å². The van der Waals surface area contributed by atoms with Crippen LogP contribution in [0.5, 0.6) is 0 Å². The summed E-state index contributed by atoms with van der Waals surface area (Å²) in [6, 6.07) is 0. The van der Waals surface area contributed by atoms with Crippen molar-refractivity contribution in [3.63, 3.8) is 0 Å². The smallest absolute Gasteiger partial charge is 0.748 e. The summed E-state index contributed by atoms with van der Waals surface area (Å²) in [5.74, 6) is 0. The second kappa shape index (κ2) is 21.1. The van der Waals surface area contributed by atoms with Gasteiger partial charge in [-0.25, -0.2) is 8.42 Å². The van der Waals surface area contributed by atoms with E-state index in [1.54, 1.807) is 0 Å². The van der Waals surface area contributed by atoms with Crippen molar-refractivity contribution in [3.8, 4) is 0 Å². The molecule has 6 heteroatoms. The molecular weight excluding hydrogens is 383 g/mol. The van der Waals surface area contributed by atoms with Crippen molar-refractivity contribution >= 4 is 10.1 Å². The van der Waals surface area contributed by atoms with Crippen molar-refractivity contribution in [2.75, 3.05) is 0 Å². The van der Waals surface area contributed by atoms with E-state index < -0.39 is 15.4 Å². The van der Waals surface area contributed by atoms with Gasteiger partial charge in [-0.1, -0.05) is 104 Å². The van der Waals surface area contributed by atoms with E-state index in [2.05, 4.69) is 6.92 Å². The number of rotatable bonds is 20. The van der Waals surface area contributed by atoms with Crippen LogP contribution in [0, 0.1) is 0 Å². The molecule has 0 saturated carbocycles. The number of aliphatic hydroxyl groups excluding tert-OH is 1. The maximum Gasteiger partial charge on any atom is 1.00 e. The third-order valence-electron chi connectivity index (χ3n) is 5.47.